The van der Waals surface area contributed by atoms with Crippen LogP contribution in [0.25, 0.3) is 0 Å². The van der Waals surface area contributed by atoms with E-state index in [0.29, 0.717) is 5.92 Å². The Kier molecular flexibility index (Phi) is 8.69. The summed E-state index contributed by atoms with van der Waals surface area (Å²) in [5.74, 6) is 1.28. The van der Waals surface area contributed by atoms with E-state index in [0.717, 1.165) is 19.0 Å². The lowest BCUT2D eigenvalue weighted by atomic mass is 10.0. The predicted molar refractivity (Wildman–Crippen MR) is 110 cm³/mol. The quantitative estimate of drug-likeness (QED) is 0.432. The van der Waals surface area contributed by atoms with Crippen molar-refractivity contribution in [1.29, 1.82) is 0 Å². The van der Waals surface area contributed by atoms with E-state index in [2.05, 4.69) is 78.0 Å². The molecule has 0 spiro atoms. The zero-order chi connectivity index (χ0) is 15.8. The van der Waals surface area contributed by atoms with Crippen LogP contribution in [-0.4, -0.2) is 19.6 Å². The number of nitrogens with zero attached hydrogens (tertiary/aromatic N) is 1. The number of halogens is 1. The van der Waals surface area contributed by atoms with Crippen molar-refractivity contribution < 1.29 is 0 Å². The molecule has 0 radical (unpaired) electrons. The van der Waals surface area contributed by atoms with Crippen molar-refractivity contribution in [2.24, 2.45) is 4.99 Å². The summed E-state index contributed by atoms with van der Waals surface area (Å²) in [6, 6.07) is 18.9. The second-order valence-corrected chi connectivity index (χ2v) is 5.54. The molecule has 3 nitrogen and oxygen atoms in total. The second-order valence-electron chi connectivity index (χ2n) is 5.54. The molecular formula is C19H26IN3. The maximum atomic E-state index is 4.29. The van der Waals surface area contributed by atoms with Crippen LogP contribution in [0, 0.1) is 6.92 Å². The number of hydrogen-bond donors (Lipinski definition) is 2. The average molecular weight is 423 g/mol. The number of rotatable bonds is 5. The molecule has 0 bridgehead atoms. The van der Waals surface area contributed by atoms with Crippen LogP contribution in [0.2, 0.25) is 0 Å². The van der Waals surface area contributed by atoms with Gasteiger partial charge in [0.25, 0.3) is 0 Å². The lowest BCUT2D eigenvalue weighted by Gasteiger charge is -2.17. The molecule has 0 aromatic heterocycles. The second kappa shape index (κ2) is 10.3. The van der Waals surface area contributed by atoms with Gasteiger partial charge in [-0.1, -0.05) is 61.5 Å². The van der Waals surface area contributed by atoms with Gasteiger partial charge in [0.1, 0.15) is 0 Å². The Morgan fingerprint density at radius 1 is 1.00 bits per heavy atom. The van der Waals surface area contributed by atoms with Crippen LogP contribution in [0.3, 0.4) is 0 Å². The van der Waals surface area contributed by atoms with Crippen LogP contribution in [0.4, 0.5) is 0 Å². The summed E-state index contributed by atoms with van der Waals surface area (Å²) < 4.78 is 0. The minimum Gasteiger partial charge on any atom is -0.356 e. The van der Waals surface area contributed by atoms with Crippen LogP contribution in [-0.2, 0) is 6.54 Å². The molecule has 0 heterocycles. The number of guanidine groups is 1. The van der Waals surface area contributed by atoms with Crippen molar-refractivity contribution in [3.05, 3.63) is 71.3 Å². The van der Waals surface area contributed by atoms with Crippen molar-refractivity contribution in [2.45, 2.75) is 26.3 Å². The van der Waals surface area contributed by atoms with Crippen molar-refractivity contribution in [1.82, 2.24) is 10.6 Å². The smallest absolute Gasteiger partial charge is 0.191 e. The van der Waals surface area contributed by atoms with Gasteiger partial charge < -0.3 is 10.6 Å². The Labute approximate surface area is 156 Å². The summed E-state index contributed by atoms with van der Waals surface area (Å²) in [5.41, 5.74) is 3.93. The highest BCUT2D eigenvalue weighted by Gasteiger charge is 2.06. The molecule has 4 heteroatoms. The van der Waals surface area contributed by atoms with Gasteiger partial charge in [-0.2, -0.15) is 0 Å². The first-order valence-electron chi connectivity index (χ1n) is 7.74. The summed E-state index contributed by atoms with van der Waals surface area (Å²) in [6.45, 7) is 5.99. The summed E-state index contributed by atoms with van der Waals surface area (Å²) in [7, 11) is 1.81. The van der Waals surface area contributed by atoms with E-state index in [9.17, 15) is 0 Å². The van der Waals surface area contributed by atoms with Crippen molar-refractivity contribution in [3.63, 3.8) is 0 Å². The van der Waals surface area contributed by atoms with Gasteiger partial charge in [-0.25, -0.2) is 0 Å². The van der Waals surface area contributed by atoms with Crippen molar-refractivity contribution in [2.75, 3.05) is 13.6 Å². The molecule has 0 saturated carbocycles. The molecule has 1 atom stereocenters. The molecule has 2 aromatic rings. The molecule has 0 aliphatic heterocycles. The largest absolute Gasteiger partial charge is 0.356 e. The first-order valence-corrected chi connectivity index (χ1v) is 7.74. The molecule has 0 aliphatic carbocycles. The lowest BCUT2D eigenvalue weighted by molar-refractivity contribution is 0.698. The molecule has 0 saturated heterocycles. The molecule has 1 unspecified atom stereocenters. The highest BCUT2D eigenvalue weighted by Crippen LogP contribution is 2.12. The van der Waals surface area contributed by atoms with E-state index >= 15 is 0 Å². The number of aliphatic imine (C=N–C) groups is 1. The third-order valence-electron chi connectivity index (χ3n) is 3.88. The first-order chi connectivity index (χ1) is 10.7. The van der Waals surface area contributed by atoms with E-state index in [-0.39, 0.29) is 24.0 Å². The molecule has 0 fully saturated rings. The van der Waals surface area contributed by atoms with E-state index in [4.69, 9.17) is 0 Å². The fourth-order valence-corrected chi connectivity index (χ4v) is 2.36. The maximum Gasteiger partial charge on any atom is 0.191 e. The Bertz CT molecular complexity index is 611. The van der Waals surface area contributed by atoms with Crippen LogP contribution in [0.1, 0.15) is 29.5 Å². The Balaban J connectivity index is 0.00000264. The highest BCUT2D eigenvalue weighted by molar-refractivity contribution is 14.0. The van der Waals surface area contributed by atoms with Gasteiger partial charge in [-0.3, -0.25) is 4.99 Å². The van der Waals surface area contributed by atoms with Crippen LogP contribution in [0.5, 0.6) is 0 Å². The topological polar surface area (TPSA) is 36.4 Å². The molecule has 124 valence electrons. The fraction of sp³-hybridized carbons (Fsp3) is 0.316. The van der Waals surface area contributed by atoms with E-state index in [1.165, 1.54) is 16.7 Å². The van der Waals surface area contributed by atoms with Gasteiger partial charge in [0, 0.05) is 20.1 Å². The van der Waals surface area contributed by atoms with Gasteiger partial charge in [0.2, 0.25) is 0 Å². The Hall–Kier alpha value is -1.56. The van der Waals surface area contributed by atoms with Gasteiger partial charge >= 0.3 is 0 Å². The number of nitrogens with one attached hydrogen (secondary N) is 2. The van der Waals surface area contributed by atoms with E-state index in [1.54, 1.807) is 7.05 Å². The third-order valence-corrected chi connectivity index (χ3v) is 3.88. The SMILES string of the molecule is CN=C(NCc1ccccc1C)NCC(C)c1ccccc1.I. The summed E-state index contributed by atoms with van der Waals surface area (Å²) >= 11 is 0. The van der Waals surface area contributed by atoms with Gasteiger partial charge in [0.15, 0.2) is 5.96 Å². The van der Waals surface area contributed by atoms with Crippen LogP contribution < -0.4 is 10.6 Å². The molecule has 0 amide bonds. The first kappa shape index (κ1) is 19.5. The molecule has 0 aliphatic rings. The summed E-state index contributed by atoms with van der Waals surface area (Å²) in [6.07, 6.45) is 0. The van der Waals surface area contributed by atoms with E-state index in [1.807, 2.05) is 6.07 Å². The summed E-state index contributed by atoms with van der Waals surface area (Å²) in [5, 5.41) is 6.77. The zero-order valence-electron chi connectivity index (χ0n) is 14.0. The Morgan fingerprint density at radius 2 is 1.65 bits per heavy atom. The third kappa shape index (κ3) is 6.22. The summed E-state index contributed by atoms with van der Waals surface area (Å²) in [4.78, 5) is 4.29. The monoisotopic (exact) mass is 423 g/mol. The maximum absolute atomic E-state index is 4.29. The van der Waals surface area contributed by atoms with Crippen molar-refractivity contribution in [3.8, 4) is 0 Å². The highest BCUT2D eigenvalue weighted by atomic mass is 127. The Morgan fingerprint density at radius 3 is 2.30 bits per heavy atom. The standard InChI is InChI=1S/C19H25N3.HI/c1-15-9-7-8-12-18(15)14-22-19(20-3)21-13-16(2)17-10-5-4-6-11-17;/h4-12,16H,13-14H2,1-3H3,(H2,20,21,22);1H. The van der Waals surface area contributed by atoms with Crippen LogP contribution >= 0.6 is 24.0 Å². The van der Waals surface area contributed by atoms with E-state index < -0.39 is 0 Å². The van der Waals surface area contributed by atoms with Crippen molar-refractivity contribution >= 4 is 29.9 Å². The molecular weight excluding hydrogens is 397 g/mol. The molecule has 2 N–H and O–H groups in total. The average Bonchev–Trinajstić information content (AvgIpc) is 2.57. The van der Waals surface area contributed by atoms with Gasteiger partial charge in [-0.15, -0.1) is 24.0 Å². The number of aryl methyl sites for hydroxylation is 1. The number of benzene rings is 2. The predicted octanol–water partition coefficient (Wildman–Crippen LogP) is 4.08. The minimum absolute atomic E-state index is 0. The number of hydrogen-bond acceptors (Lipinski definition) is 1. The normalized spacial score (nSPS) is 12.2. The molecule has 23 heavy (non-hydrogen) atoms. The van der Waals surface area contributed by atoms with Crippen LogP contribution in [0.15, 0.2) is 59.6 Å². The van der Waals surface area contributed by atoms with Gasteiger partial charge in [0.05, 0.1) is 0 Å². The minimum atomic E-state index is 0. The molecule has 2 rings (SSSR count). The zero-order valence-corrected chi connectivity index (χ0v) is 16.4. The lowest BCUT2D eigenvalue weighted by Crippen LogP contribution is -2.38. The van der Waals surface area contributed by atoms with Gasteiger partial charge in [-0.05, 0) is 29.5 Å². The fourth-order valence-electron chi connectivity index (χ4n) is 2.36. The molecule has 2 aromatic carbocycles.